The number of allylic oxidation sites excluding steroid dienone is 1. The van der Waals surface area contributed by atoms with E-state index in [4.69, 9.17) is 4.74 Å². The molecule has 0 rings (SSSR count). The van der Waals surface area contributed by atoms with Crippen LogP contribution in [0.15, 0.2) is 11.6 Å². The lowest BCUT2D eigenvalue weighted by molar-refractivity contribution is -0.136. The number of hydrogen-bond acceptors (Lipinski definition) is 2. The highest BCUT2D eigenvalue weighted by Gasteiger charge is 2.08. The van der Waals surface area contributed by atoms with Crippen molar-refractivity contribution in [3.63, 3.8) is 0 Å². The molecule has 2 nitrogen and oxygen atoms in total. The van der Waals surface area contributed by atoms with Crippen LogP contribution in [0.2, 0.25) is 0 Å². The zero-order valence-corrected chi connectivity index (χ0v) is 14.6. The fourth-order valence-corrected chi connectivity index (χ4v) is 2.54. The first kappa shape index (κ1) is 20.2. The molecule has 0 aromatic carbocycles. The highest BCUT2D eigenvalue weighted by Crippen LogP contribution is 2.15. The molecule has 0 aliphatic carbocycles. The predicted molar refractivity (Wildman–Crippen MR) is 91.5 cm³/mol. The molecule has 124 valence electrons. The fraction of sp³-hybridized carbons (Fsp3) is 0.842. The molecular formula is C19H36O2. The van der Waals surface area contributed by atoms with Gasteiger partial charge in [0.15, 0.2) is 0 Å². The molecule has 0 aromatic heterocycles. The third-order valence-electron chi connectivity index (χ3n) is 3.95. The molecule has 0 aliphatic heterocycles. The highest BCUT2D eigenvalue weighted by atomic mass is 16.5. The van der Waals surface area contributed by atoms with Crippen molar-refractivity contribution in [1.82, 2.24) is 0 Å². The molecule has 0 heterocycles. The Balaban J connectivity index is 3.88. The summed E-state index contributed by atoms with van der Waals surface area (Å²) in [5.41, 5.74) is 0.892. The first-order chi connectivity index (χ1) is 10.3. The second-order valence-corrected chi connectivity index (χ2v) is 5.94. The molecule has 0 saturated carbocycles. The zero-order chi connectivity index (χ0) is 15.8. The molecule has 0 saturated heterocycles. The van der Waals surface area contributed by atoms with Crippen molar-refractivity contribution in [1.29, 1.82) is 0 Å². The van der Waals surface area contributed by atoms with E-state index in [0.29, 0.717) is 0 Å². The molecule has 0 aliphatic rings. The summed E-state index contributed by atoms with van der Waals surface area (Å²) in [5.74, 6) is -0.128. The predicted octanol–water partition coefficient (Wildman–Crippen LogP) is 6.20. The van der Waals surface area contributed by atoms with Crippen LogP contribution < -0.4 is 0 Å². The number of ether oxygens (including phenoxy) is 1. The summed E-state index contributed by atoms with van der Waals surface area (Å²) in [6.45, 7) is 4.47. The van der Waals surface area contributed by atoms with E-state index in [-0.39, 0.29) is 5.97 Å². The van der Waals surface area contributed by atoms with Crippen LogP contribution in [0.25, 0.3) is 0 Å². The Bertz CT molecular complexity index is 269. The Morgan fingerprint density at radius 2 is 1.33 bits per heavy atom. The van der Waals surface area contributed by atoms with Crippen molar-refractivity contribution < 1.29 is 9.53 Å². The van der Waals surface area contributed by atoms with Gasteiger partial charge in [0, 0.05) is 5.57 Å². The van der Waals surface area contributed by atoms with Gasteiger partial charge in [0.1, 0.15) is 0 Å². The first-order valence-corrected chi connectivity index (χ1v) is 9.03. The topological polar surface area (TPSA) is 26.3 Å². The summed E-state index contributed by atoms with van der Waals surface area (Å²) in [7, 11) is 1.48. The summed E-state index contributed by atoms with van der Waals surface area (Å²) >= 11 is 0. The molecule has 0 bridgehead atoms. The van der Waals surface area contributed by atoms with Crippen LogP contribution in [0, 0.1) is 0 Å². The van der Waals surface area contributed by atoms with E-state index in [2.05, 4.69) is 19.9 Å². The highest BCUT2D eigenvalue weighted by molar-refractivity contribution is 5.88. The van der Waals surface area contributed by atoms with Crippen molar-refractivity contribution in [2.45, 2.75) is 97.3 Å². The van der Waals surface area contributed by atoms with E-state index in [1.165, 1.54) is 71.3 Å². The lowest BCUT2D eigenvalue weighted by Crippen LogP contribution is -2.05. The molecular weight excluding hydrogens is 260 g/mol. The quantitative estimate of drug-likeness (QED) is 0.217. The van der Waals surface area contributed by atoms with Crippen LogP contribution in [-0.2, 0) is 9.53 Å². The molecule has 0 aromatic rings. The van der Waals surface area contributed by atoms with E-state index in [1.807, 2.05) is 0 Å². The first-order valence-electron chi connectivity index (χ1n) is 9.03. The SMILES string of the molecule is CCCCCCCC=C(CCCCCCCC)C(=O)OC. The summed E-state index contributed by atoms with van der Waals surface area (Å²) in [4.78, 5) is 11.8. The molecule has 0 atom stereocenters. The Labute approximate surface area is 132 Å². The number of hydrogen-bond donors (Lipinski definition) is 0. The Kier molecular flexibility index (Phi) is 15.0. The van der Waals surface area contributed by atoms with Crippen LogP contribution in [0.1, 0.15) is 97.3 Å². The lowest BCUT2D eigenvalue weighted by atomic mass is 10.0. The van der Waals surface area contributed by atoms with Crippen molar-refractivity contribution in [2.24, 2.45) is 0 Å². The van der Waals surface area contributed by atoms with Crippen LogP contribution in [-0.4, -0.2) is 13.1 Å². The third kappa shape index (κ3) is 12.6. The lowest BCUT2D eigenvalue weighted by Gasteiger charge is -2.06. The van der Waals surface area contributed by atoms with Gasteiger partial charge in [0.05, 0.1) is 7.11 Å². The number of carbonyl (C=O) groups excluding carboxylic acids is 1. The Morgan fingerprint density at radius 1 is 0.810 bits per heavy atom. The number of unbranched alkanes of at least 4 members (excludes halogenated alkanes) is 10. The average molecular weight is 296 g/mol. The Morgan fingerprint density at radius 3 is 1.90 bits per heavy atom. The minimum atomic E-state index is -0.128. The second kappa shape index (κ2) is 15.6. The zero-order valence-electron chi connectivity index (χ0n) is 14.6. The van der Waals surface area contributed by atoms with Gasteiger partial charge in [-0.1, -0.05) is 77.7 Å². The second-order valence-electron chi connectivity index (χ2n) is 5.94. The van der Waals surface area contributed by atoms with Gasteiger partial charge >= 0.3 is 5.97 Å². The van der Waals surface area contributed by atoms with Crippen molar-refractivity contribution in [3.8, 4) is 0 Å². The molecule has 0 radical (unpaired) electrons. The van der Waals surface area contributed by atoms with E-state index in [9.17, 15) is 4.79 Å². The fourth-order valence-electron chi connectivity index (χ4n) is 2.54. The van der Waals surface area contributed by atoms with E-state index in [1.54, 1.807) is 0 Å². The van der Waals surface area contributed by atoms with E-state index in [0.717, 1.165) is 24.8 Å². The van der Waals surface area contributed by atoms with Gasteiger partial charge in [0.25, 0.3) is 0 Å². The number of esters is 1. The largest absolute Gasteiger partial charge is 0.466 e. The summed E-state index contributed by atoms with van der Waals surface area (Å²) in [5, 5.41) is 0. The smallest absolute Gasteiger partial charge is 0.333 e. The van der Waals surface area contributed by atoms with Gasteiger partial charge in [-0.25, -0.2) is 4.79 Å². The maximum Gasteiger partial charge on any atom is 0.333 e. The van der Waals surface area contributed by atoms with Gasteiger partial charge < -0.3 is 4.74 Å². The molecule has 21 heavy (non-hydrogen) atoms. The maximum absolute atomic E-state index is 11.8. The van der Waals surface area contributed by atoms with Crippen LogP contribution in [0.5, 0.6) is 0 Å². The van der Waals surface area contributed by atoms with Crippen LogP contribution in [0.4, 0.5) is 0 Å². The number of carbonyl (C=O) groups is 1. The molecule has 0 fully saturated rings. The summed E-state index contributed by atoms with van der Waals surface area (Å²) in [6, 6.07) is 0. The Hall–Kier alpha value is -0.790. The average Bonchev–Trinajstić information content (AvgIpc) is 2.51. The molecule has 0 spiro atoms. The van der Waals surface area contributed by atoms with Crippen molar-refractivity contribution in [2.75, 3.05) is 7.11 Å². The number of methoxy groups -OCH3 is 1. The van der Waals surface area contributed by atoms with Gasteiger partial charge in [-0.05, 0) is 25.7 Å². The van der Waals surface area contributed by atoms with E-state index < -0.39 is 0 Å². The van der Waals surface area contributed by atoms with Crippen molar-refractivity contribution in [3.05, 3.63) is 11.6 Å². The molecule has 2 heteroatoms. The third-order valence-corrected chi connectivity index (χ3v) is 3.95. The van der Waals surface area contributed by atoms with Gasteiger partial charge in [-0.15, -0.1) is 0 Å². The van der Waals surface area contributed by atoms with Crippen molar-refractivity contribution >= 4 is 5.97 Å². The minimum absolute atomic E-state index is 0.128. The molecule has 0 amide bonds. The molecule has 0 unspecified atom stereocenters. The minimum Gasteiger partial charge on any atom is -0.466 e. The van der Waals surface area contributed by atoms with Crippen LogP contribution in [0.3, 0.4) is 0 Å². The van der Waals surface area contributed by atoms with Gasteiger partial charge in [0.2, 0.25) is 0 Å². The van der Waals surface area contributed by atoms with Gasteiger partial charge in [-0.2, -0.15) is 0 Å². The molecule has 0 N–H and O–H groups in total. The van der Waals surface area contributed by atoms with Crippen LogP contribution >= 0.6 is 0 Å². The van der Waals surface area contributed by atoms with Gasteiger partial charge in [-0.3, -0.25) is 0 Å². The summed E-state index contributed by atoms with van der Waals surface area (Å²) in [6.07, 6.45) is 18.0. The maximum atomic E-state index is 11.8. The summed E-state index contributed by atoms with van der Waals surface area (Å²) < 4.78 is 4.90. The van der Waals surface area contributed by atoms with E-state index >= 15 is 0 Å². The normalized spacial score (nSPS) is 11.7. The number of rotatable bonds is 14. The standard InChI is InChI=1S/C19H36O2/c1-4-6-8-10-12-14-16-18(19(20)21-3)17-15-13-11-9-7-5-2/h16H,4-15,17H2,1-3H3. The monoisotopic (exact) mass is 296 g/mol.